The van der Waals surface area contributed by atoms with Crippen molar-refractivity contribution in [1.29, 1.82) is 5.26 Å². The number of ether oxygens (including phenoxy) is 1. The van der Waals surface area contributed by atoms with Crippen molar-refractivity contribution in [3.05, 3.63) is 42.0 Å². The van der Waals surface area contributed by atoms with Crippen molar-refractivity contribution < 1.29 is 13.9 Å². The second kappa shape index (κ2) is 5.38. The number of hydrogen-bond donors (Lipinski definition) is 0. The van der Waals surface area contributed by atoms with Gasteiger partial charge >= 0.3 is 0 Å². The third-order valence-corrected chi connectivity index (χ3v) is 5.10. The molecule has 4 heteroatoms. The van der Waals surface area contributed by atoms with Crippen LogP contribution in [-0.4, -0.2) is 12.9 Å². The first-order valence-corrected chi connectivity index (χ1v) is 8.10. The molecule has 0 radical (unpaired) electrons. The maximum atomic E-state index is 11.7. The largest absolute Gasteiger partial charge is 0.493 e. The quantitative estimate of drug-likeness (QED) is 0.697. The standard InChI is InChI=1S/C20H17NO3/c1-23-17-7-6-15(20(12-21)10-8-13(22)9-11-20)18-14-4-2-3-5-16(14)24-19(17)18/h2-7H,8-11H2,1H3. The summed E-state index contributed by atoms with van der Waals surface area (Å²) in [5.41, 5.74) is 1.74. The fourth-order valence-corrected chi connectivity index (χ4v) is 3.76. The smallest absolute Gasteiger partial charge is 0.177 e. The predicted molar refractivity (Wildman–Crippen MR) is 91.0 cm³/mol. The number of fused-ring (bicyclic) bond motifs is 3. The predicted octanol–water partition coefficient (Wildman–Crippen LogP) is 4.50. The Morgan fingerprint density at radius 3 is 2.62 bits per heavy atom. The molecule has 2 aromatic carbocycles. The SMILES string of the molecule is COc1ccc(C2(C#N)CCC(=O)CC2)c2c1oc1ccccc12. The maximum Gasteiger partial charge on any atom is 0.177 e. The average Bonchev–Trinajstić information content (AvgIpc) is 3.02. The number of benzene rings is 2. The Hall–Kier alpha value is -2.80. The Kier molecular flexibility index (Phi) is 3.31. The molecule has 1 aromatic heterocycles. The summed E-state index contributed by atoms with van der Waals surface area (Å²) in [6.07, 6.45) is 2.03. The van der Waals surface area contributed by atoms with Gasteiger partial charge in [0, 0.05) is 23.6 Å². The van der Waals surface area contributed by atoms with Crippen LogP contribution in [0.4, 0.5) is 0 Å². The summed E-state index contributed by atoms with van der Waals surface area (Å²) in [7, 11) is 1.61. The number of para-hydroxylation sites is 1. The van der Waals surface area contributed by atoms with Crippen LogP contribution in [0, 0.1) is 11.3 Å². The first-order valence-electron chi connectivity index (χ1n) is 8.10. The van der Waals surface area contributed by atoms with E-state index in [9.17, 15) is 10.1 Å². The number of furan rings is 1. The zero-order chi connectivity index (χ0) is 16.7. The van der Waals surface area contributed by atoms with Gasteiger partial charge in [0.05, 0.1) is 18.6 Å². The number of hydrogen-bond acceptors (Lipinski definition) is 4. The van der Waals surface area contributed by atoms with Gasteiger partial charge < -0.3 is 9.15 Å². The molecule has 3 aromatic rings. The lowest BCUT2D eigenvalue weighted by molar-refractivity contribution is -0.120. The van der Waals surface area contributed by atoms with E-state index in [0.717, 1.165) is 21.9 Å². The highest BCUT2D eigenvalue weighted by Gasteiger charge is 2.39. The summed E-state index contributed by atoms with van der Waals surface area (Å²) in [5, 5.41) is 11.9. The molecule has 0 aliphatic heterocycles. The minimum absolute atomic E-state index is 0.239. The average molecular weight is 319 g/mol. The molecule has 0 bridgehead atoms. The number of nitriles is 1. The van der Waals surface area contributed by atoms with Gasteiger partial charge in [0.15, 0.2) is 11.3 Å². The number of rotatable bonds is 2. The highest BCUT2D eigenvalue weighted by Crippen LogP contribution is 2.46. The van der Waals surface area contributed by atoms with E-state index in [2.05, 4.69) is 6.07 Å². The normalized spacial score (nSPS) is 17.1. The summed E-state index contributed by atoms with van der Waals surface area (Å²) >= 11 is 0. The minimum atomic E-state index is -0.648. The van der Waals surface area contributed by atoms with Gasteiger partial charge in [-0.2, -0.15) is 5.26 Å². The van der Waals surface area contributed by atoms with Crippen molar-refractivity contribution >= 4 is 27.7 Å². The molecule has 0 unspecified atom stereocenters. The van der Waals surface area contributed by atoms with E-state index in [4.69, 9.17) is 9.15 Å². The lowest BCUT2D eigenvalue weighted by atomic mass is 9.69. The van der Waals surface area contributed by atoms with E-state index in [-0.39, 0.29) is 5.78 Å². The number of Topliss-reactive ketones (excluding diaryl/α,β-unsaturated/α-hetero) is 1. The summed E-state index contributed by atoms with van der Waals surface area (Å²) in [6, 6.07) is 14.1. The minimum Gasteiger partial charge on any atom is -0.493 e. The molecule has 0 amide bonds. The van der Waals surface area contributed by atoms with E-state index >= 15 is 0 Å². The van der Waals surface area contributed by atoms with E-state index in [1.165, 1.54) is 0 Å². The van der Waals surface area contributed by atoms with Crippen LogP contribution in [0.5, 0.6) is 5.75 Å². The first kappa shape index (κ1) is 14.8. The van der Waals surface area contributed by atoms with Gasteiger partial charge in [-0.15, -0.1) is 0 Å². The number of nitrogens with zero attached hydrogens (tertiary/aromatic N) is 1. The summed E-state index contributed by atoms with van der Waals surface area (Å²) in [6.45, 7) is 0. The topological polar surface area (TPSA) is 63.2 Å². The van der Waals surface area contributed by atoms with Gasteiger partial charge in [-0.1, -0.05) is 24.3 Å². The van der Waals surface area contributed by atoms with Crippen LogP contribution in [0.1, 0.15) is 31.2 Å². The van der Waals surface area contributed by atoms with Gasteiger partial charge in [0.1, 0.15) is 11.4 Å². The molecule has 4 rings (SSSR count). The maximum absolute atomic E-state index is 11.7. The summed E-state index contributed by atoms with van der Waals surface area (Å²) in [4.78, 5) is 11.7. The fraction of sp³-hybridized carbons (Fsp3) is 0.300. The molecular formula is C20H17NO3. The Morgan fingerprint density at radius 2 is 1.92 bits per heavy atom. The van der Waals surface area contributed by atoms with Gasteiger partial charge in [0.2, 0.25) is 0 Å². The van der Waals surface area contributed by atoms with Gasteiger partial charge in [-0.05, 0) is 30.5 Å². The molecular weight excluding hydrogens is 302 g/mol. The van der Waals surface area contributed by atoms with Crippen LogP contribution in [0.3, 0.4) is 0 Å². The molecule has 1 saturated carbocycles. The van der Waals surface area contributed by atoms with Gasteiger partial charge in [-0.25, -0.2) is 0 Å². The van der Waals surface area contributed by atoms with Crippen LogP contribution < -0.4 is 4.74 Å². The highest BCUT2D eigenvalue weighted by molar-refractivity contribution is 6.09. The van der Waals surface area contributed by atoms with Crippen molar-refractivity contribution in [2.75, 3.05) is 7.11 Å². The van der Waals surface area contributed by atoms with Crippen LogP contribution in [0.25, 0.3) is 21.9 Å². The molecule has 0 saturated heterocycles. The lowest BCUT2D eigenvalue weighted by Gasteiger charge is -2.31. The number of ketones is 1. The van der Waals surface area contributed by atoms with Crippen LogP contribution in [0.15, 0.2) is 40.8 Å². The summed E-state index contributed by atoms with van der Waals surface area (Å²) < 4.78 is 11.5. The Bertz CT molecular complexity index is 983. The molecule has 0 atom stereocenters. The van der Waals surface area contributed by atoms with E-state index < -0.39 is 5.41 Å². The van der Waals surface area contributed by atoms with Crippen molar-refractivity contribution in [2.24, 2.45) is 0 Å². The number of carbonyl (C=O) groups is 1. The van der Waals surface area contributed by atoms with Crippen molar-refractivity contribution in [2.45, 2.75) is 31.1 Å². The third-order valence-electron chi connectivity index (χ3n) is 5.10. The Morgan fingerprint density at radius 1 is 1.17 bits per heavy atom. The van der Waals surface area contributed by atoms with Crippen LogP contribution in [0.2, 0.25) is 0 Å². The fourth-order valence-electron chi connectivity index (χ4n) is 3.76. The molecule has 4 nitrogen and oxygen atoms in total. The van der Waals surface area contributed by atoms with Crippen LogP contribution in [-0.2, 0) is 10.2 Å². The van der Waals surface area contributed by atoms with E-state index in [1.807, 2.05) is 36.4 Å². The van der Waals surface area contributed by atoms with E-state index in [1.54, 1.807) is 7.11 Å². The Balaban J connectivity index is 2.05. The molecule has 120 valence electrons. The second-order valence-electron chi connectivity index (χ2n) is 6.35. The molecule has 1 aliphatic rings. The number of methoxy groups -OCH3 is 1. The van der Waals surface area contributed by atoms with Gasteiger partial charge in [0.25, 0.3) is 0 Å². The van der Waals surface area contributed by atoms with Crippen LogP contribution >= 0.6 is 0 Å². The van der Waals surface area contributed by atoms with E-state index in [0.29, 0.717) is 37.0 Å². The number of carbonyl (C=O) groups excluding carboxylic acids is 1. The van der Waals surface area contributed by atoms with Crippen molar-refractivity contribution in [3.63, 3.8) is 0 Å². The molecule has 0 spiro atoms. The van der Waals surface area contributed by atoms with Crippen molar-refractivity contribution in [3.8, 4) is 11.8 Å². The lowest BCUT2D eigenvalue weighted by Crippen LogP contribution is -2.30. The first-order chi connectivity index (χ1) is 11.7. The molecule has 1 aliphatic carbocycles. The monoisotopic (exact) mass is 319 g/mol. The Labute approximate surface area is 139 Å². The summed E-state index contributed by atoms with van der Waals surface area (Å²) in [5.74, 6) is 0.896. The molecule has 0 N–H and O–H groups in total. The van der Waals surface area contributed by atoms with Crippen molar-refractivity contribution in [1.82, 2.24) is 0 Å². The zero-order valence-corrected chi connectivity index (χ0v) is 13.5. The molecule has 1 heterocycles. The third kappa shape index (κ3) is 2.01. The molecule has 1 fully saturated rings. The molecule has 24 heavy (non-hydrogen) atoms. The highest BCUT2D eigenvalue weighted by atomic mass is 16.5. The second-order valence-corrected chi connectivity index (χ2v) is 6.35. The van der Waals surface area contributed by atoms with Gasteiger partial charge in [-0.3, -0.25) is 4.79 Å². The zero-order valence-electron chi connectivity index (χ0n) is 13.5.